The number of nitrogens with one attached hydrogen (secondary N) is 1. The van der Waals surface area contributed by atoms with Crippen LogP contribution in [-0.4, -0.2) is 19.8 Å². The summed E-state index contributed by atoms with van der Waals surface area (Å²) in [4.78, 5) is 0. The number of halogens is 2. The predicted molar refractivity (Wildman–Crippen MR) is 75.4 cm³/mol. The van der Waals surface area contributed by atoms with E-state index >= 15 is 0 Å². The minimum atomic E-state index is -2.85. The fraction of sp³-hybridized carbons (Fsp3) is 0.600. The number of hydrogen-bond acceptors (Lipinski definition) is 3. The van der Waals surface area contributed by atoms with Gasteiger partial charge < -0.3 is 14.8 Å². The van der Waals surface area contributed by atoms with Gasteiger partial charge in [-0.25, -0.2) is 0 Å². The number of rotatable bonds is 8. The van der Waals surface area contributed by atoms with Gasteiger partial charge in [-0.2, -0.15) is 8.78 Å². The molecule has 5 heteroatoms. The Kier molecular flexibility index (Phi) is 6.71. The van der Waals surface area contributed by atoms with Gasteiger partial charge in [0.25, 0.3) is 0 Å². The van der Waals surface area contributed by atoms with Gasteiger partial charge >= 0.3 is 6.61 Å². The van der Waals surface area contributed by atoms with Crippen LogP contribution in [0.3, 0.4) is 0 Å². The van der Waals surface area contributed by atoms with Gasteiger partial charge in [-0.3, -0.25) is 0 Å². The maximum absolute atomic E-state index is 12.3. The van der Waals surface area contributed by atoms with E-state index in [-0.39, 0.29) is 5.75 Å². The summed E-state index contributed by atoms with van der Waals surface area (Å²) < 4.78 is 34.1. The van der Waals surface area contributed by atoms with E-state index < -0.39 is 6.61 Å². The maximum atomic E-state index is 12.3. The van der Waals surface area contributed by atoms with E-state index in [9.17, 15) is 8.78 Å². The van der Waals surface area contributed by atoms with Gasteiger partial charge in [-0.1, -0.05) is 19.9 Å². The molecule has 0 amide bonds. The van der Waals surface area contributed by atoms with Gasteiger partial charge in [-0.05, 0) is 37.0 Å². The second kappa shape index (κ2) is 8.04. The normalized spacial score (nSPS) is 12.8. The molecule has 0 aliphatic carbocycles. The van der Waals surface area contributed by atoms with Crippen molar-refractivity contribution in [3.63, 3.8) is 0 Å². The quantitative estimate of drug-likeness (QED) is 0.788. The molecule has 1 unspecified atom stereocenters. The number of hydrogen-bond donors (Lipinski definition) is 1. The van der Waals surface area contributed by atoms with Crippen molar-refractivity contribution in [2.24, 2.45) is 5.92 Å². The first-order valence-corrected chi connectivity index (χ1v) is 6.77. The Morgan fingerprint density at radius 2 is 1.85 bits per heavy atom. The van der Waals surface area contributed by atoms with Gasteiger partial charge in [0.15, 0.2) is 11.5 Å². The van der Waals surface area contributed by atoms with Crippen LogP contribution in [0.15, 0.2) is 18.2 Å². The van der Waals surface area contributed by atoms with Crippen LogP contribution in [0.1, 0.15) is 32.8 Å². The van der Waals surface area contributed by atoms with E-state index in [2.05, 4.69) is 30.8 Å². The first kappa shape index (κ1) is 16.7. The first-order valence-electron chi connectivity index (χ1n) is 6.77. The molecule has 0 saturated heterocycles. The van der Waals surface area contributed by atoms with E-state index in [1.54, 1.807) is 12.1 Å². The van der Waals surface area contributed by atoms with E-state index in [0.717, 1.165) is 12.0 Å². The Hall–Kier alpha value is -1.36. The van der Waals surface area contributed by atoms with E-state index in [1.165, 1.54) is 7.11 Å². The summed E-state index contributed by atoms with van der Waals surface area (Å²) in [6.07, 6.45) is 1.07. The summed E-state index contributed by atoms with van der Waals surface area (Å²) in [5, 5.41) is 3.36. The molecule has 0 aliphatic heterocycles. The molecular formula is C15H23F2NO2. The van der Waals surface area contributed by atoms with Gasteiger partial charge in [0.2, 0.25) is 0 Å². The van der Waals surface area contributed by atoms with Crippen molar-refractivity contribution >= 4 is 0 Å². The Morgan fingerprint density at radius 3 is 2.40 bits per heavy atom. The van der Waals surface area contributed by atoms with Gasteiger partial charge in [-0.15, -0.1) is 0 Å². The van der Waals surface area contributed by atoms with Crippen LogP contribution in [0.4, 0.5) is 8.78 Å². The van der Waals surface area contributed by atoms with Gasteiger partial charge in [0.1, 0.15) is 0 Å². The predicted octanol–water partition coefficient (Wildman–Crippen LogP) is 3.82. The molecule has 0 spiro atoms. The Bertz CT molecular complexity index is 411. The number of alkyl halides is 2. The molecule has 0 saturated carbocycles. The van der Waals surface area contributed by atoms with Crippen molar-refractivity contribution in [3.05, 3.63) is 23.8 Å². The lowest BCUT2D eigenvalue weighted by molar-refractivity contribution is -0.0512. The third kappa shape index (κ3) is 5.74. The van der Waals surface area contributed by atoms with Crippen molar-refractivity contribution in [1.82, 2.24) is 5.32 Å². The van der Waals surface area contributed by atoms with E-state index in [1.807, 2.05) is 6.07 Å². The van der Waals surface area contributed by atoms with Crippen LogP contribution in [-0.2, 0) is 6.54 Å². The molecule has 0 heterocycles. The topological polar surface area (TPSA) is 30.5 Å². The summed E-state index contributed by atoms with van der Waals surface area (Å²) in [6.45, 7) is 4.20. The second-order valence-corrected chi connectivity index (χ2v) is 5.28. The number of benzene rings is 1. The molecular weight excluding hydrogens is 264 g/mol. The first-order chi connectivity index (χ1) is 9.42. The van der Waals surface area contributed by atoms with Crippen molar-refractivity contribution in [2.75, 3.05) is 7.11 Å². The second-order valence-electron chi connectivity index (χ2n) is 5.28. The molecule has 0 bridgehead atoms. The average Bonchev–Trinajstić information content (AvgIpc) is 2.35. The van der Waals surface area contributed by atoms with Crippen LogP contribution in [0, 0.1) is 5.92 Å². The van der Waals surface area contributed by atoms with Crippen LogP contribution in [0.25, 0.3) is 0 Å². The minimum absolute atomic E-state index is 0.0679. The van der Waals surface area contributed by atoms with Crippen LogP contribution in [0.5, 0.6) is 11.5 Å². The van der Waals surface area contributed by atoms with Crippen molar-refractivity contribution < 1.29 is 18.3 Å². The smallest absolute Gasteiger partial charge is 0.387 e. The summed E-state index contributed by atoms with van der Waals surface area (Å²) in [6, 6.07) is 5.44. The van der Waals surface area contributed by atoms with Crippen molar-refractivity contribution in [1.29, 1.82) is 0 Å². The van der Waals surface area contributed by atoms with E-state index in [0.29, 0.717) is 24.3 Å². The van der Waals surface area contributed by atoms with Crippen LogP contribution in [0.2, 0.25) is 0 Å². The third-order valence-corrected chi connectivity index (χ3v) is 2.92. The van der Waals surface area contributed by atoms with Gasteiger partial charge in [0.05, 0.1) is 7.11 Å². The monoisotopic (exact) mass is 287 g/mol. The molecule has 1 rings (SSSR count). The molecule has 3 nitrogen and oxygen atoms in total. The molecule has 1 N–H and O–H groups in total. The Balaban J connectivity index is 2.66. The zero-order valence-corrected chi connectivity index (χ0v) is 12.5. The zero-order valence-electron chi connectivity index (χ0n) is 12.5. The summed E-state index contributed by atoms with van der Waals surface area (Å²) in [7, 11) is 1.43. The highest BCUT2D eigenvalue weighted by atomic mass is 19.3. The standard InChI is InChI=1S/C15H23F2NO2/c1-10(2)7-11(3)18-9-12-5-6-13(19-4)14(8-12)20-15(16)17/h5-6,8,10-11,15,18H,7,9H2,1-4H3. The SMILES string of the molecule is COc1ccc(CNC(C)CC(C)C)cc1OC(F)F. The van der Waals surface area contributed by atoms with Crippen molar-refractivity contribution in [2.45, 2.75) is 46.4 Å². The fourth-order valence-electron chi connectivity index (χ4n) is 2.10. The summed E-state index contributed by atoms with van der Waals surface area (Å²) in [5.74, 6) is 0.994. The summed E-state index contributed by atoms with van der Waals surface area (Å²) >= 11 is 0. The molecule has 0 aromatic heterocycles. The molecule has 0 fully saturated rings. The molecule has 1 aromatic carbocycles. The largest absolute Gasteiger partial charge is 0.493 e. The maximum Gasteiger partial charge on any atom is 0.387 e. The van der Waals surface area contributed by atoms with E-state index in [4.69, 9.17) is 4.74 Å². The third-order valence-electron chi connectivity index (χ3n) is 2.92. The average molecular weight is 287 g/mol. The van der Waals surface area contributed by atoms with Gasteiger partial charge in [0, 0.05) is 12.6 Å². The summed E-state index contributed by atoms with van der Waals surface area (Å²) in [5.41, 5.74) is 0.886. The molecule has 1 aromatic rings. The fourth-order valence-corrected chi connectivity index (χ4v) is 2.10. The van der Waals surface area contributed by atoms with Crippen LogP contribution < -0.4 is 14.8 Å². The lowest BCUT2D eigenvalue weighted by Crippen LogP contribution is -2.26. The molecule has 114 valence electrons. The highest BCUT2D eigenvalue weighted by Crippen LogP contribution is 2.29. The Labute approximate surface area is 119 Å². The van der Waals surface area contributed by atoms with Crippen molar-refractivity contribution in [3.8, 4) is 11.5 Å². The lowest BCUT2D eigenvalue weighted by Gasteiger charge is -2.17. The minimum Gasteiger partial charge on any atom is -0.493 e. The zero-order chi connectivity index (χ0) is 15.1. The Morgan fingerprint density at radius 1 is 1.15 bits per heavy atom. The highest BCUT2D eigenvalue weighted by molar-refractivity contribution is 5.42. The lowest BCUT2D eigenvalue weighted by atomic mass is 10.0. The molecule has 1 atom stereocenters. The van der Waals surface area contributed by atoms with Crippen LogP contribution >= 0.6 is 0 Å². The molecule has 20 heavy (non-hydrogen) atoms. The number of methoxy groups -OCH3 is 1. The number of ether oxygens (including phenoxy) is 2. The highest BCUT2D eigenvalue weighted by Gasteiger charge is 2.12. The molecule has 0 aliphatic rings. The molecule has 0 radical (unpaired) electrons.